The van der Waals surface area contributed by atoms with Crippen molar-refractivity contribution in [2.45, 2.75) is 26.9 Å². The quantitative estimate of drug-likeness (QED) is 0.333. The number of nitrogens with zero attached hydrogens (tertiary/aromatic N) is 8. The number of hydrogen-bond donors (Lipinski definition) is 3. The minimum atomic E-state index is -0.328. The van der Waals surface area contributed by atoms with Crippen molar-refractivity contribution < 1.29 is 9.13 Å². The summed E-state index contributed by atoms with van der Waals surface area (Å²) in [5.74, 6) is 2.32. The molecule has 0 bridgehead atoms. The van der Waals surface area contributed by atoms with Crippen LogP contribution >= 0.6 is 0 Å². The van der Waals surface area contributed by atoms with Crippen molar-refractivity contribution in [2.24, 2.45) is 14.1 Å². The Bertz CT molecular complexity index is 1390. The molecular weight excluding hydrogens is 398 g/mol. The standard InChI is InChI=1S/C19H23N11O/c1-10-24-15(20)12(5-27(10)3)7-29-9-23-17-14(29)18(31)30(19(22)26-17)8-13-6-28(4)11(2)25-16(13)21/h5-6,9,20-21H,7-8H2,1-4H3,(H2,22,26,31)/p+2. The van der Waals surface area contributed by atoms with E-state index in [9.17, 15) is 4.79 Å². The van der Waals surface area contributed by atoms with E-state index in [0.29, 0.717) is 29.3 Å². The third kappa shape index (κ3) is 3.52. The van der Waals surface area contributed by atoms with Gasteiger partial charge in [0.2, 0.25) is 17.6 Å². The van der Waals surface area contributed by atoms with Crippen molar-refractivity contribution in [3.05, 3.63) is 51.9 Å². The van der Waals surface area contributed by atoms with Crippen LogP contribution in [0.1, 0.15) is 22.8 Å². The summed E-state index contributed by atoms with van der Waals surface area (Å²) in [6, 6.07) is 0. The van der Waals surface area contributed by atoms with Gasteiger partial charge < -0.3 is 21.8 Å². The second-order valence-electron chi connectivity index (χ2n) is 7.52. The number of fused-ring (bicyclic) bond motifs is 1. The van der Waals surface area contributed by atoms with Crippen LogP contribution in [-0.2, 0) is 27.2 Å². The SMILES string of the molecule is Cc1nc(N)c(Cn2c(N)nc3ncn(Cc4c[n+](C)c(C)nc4N)c3c2=O)c[n+]1C. The number of aryl methyl sites for hydroxylation is 4. The van der Waals surface area contributed by atoms with Crippen LogP contribution in [0.15, 0.2) is 23.5 Å². The van der Waals surface area contributed by atoms with Gasteiger partial charge in [-0.15, -0.1) is 0 Å². The molecule has 0 aliphatic heterocycles. The van der Waals surface area contributed by atoms with Gasteiger partial charge in [0.25, 0.3) is 17.2 Å². The molecule has 160 valence electrons. The summed E-state index contributed by atoms with van der Waals surface area (Å²) in [7, 11) is 3.74. The maximum Gasteiger partial charge on any atom is 0.297 e. The monoisotopic (exact) mass is 423 g/mol. The Hall–Kier alpha value is -4.09. The van der Waals surface area contributed by atoms with E-state index >= 15 is 0 Å². The highest BCUT2D eigenvalue weighted by Crippen LogP contribution is 2.15. The third-order valence-electron chi connectivity index (χ3n) is 5.37. The number of nitrogens with two attached hydrogens (primary N) is 3. The fourth-order valence-electron chi connectivity index (χ4n) is 3.38. The van der Waals surface area contributed by atoms with Gasteiger partial charge in [-0.05, 0) is 9.97 Å². The van der Waals surface area contributed by atoms with Crippen molar-refractivity contribution in [1.82, 2.24) is 29.1 Å². The van der Waals surface area contributed by atoms with Gasteiger partial charge in [0.05, 0.1) is 44.6 Å². The van der Waals surface area contributed by atoms with Crippen LogP contribution in [0.2, 0.25) is 0 Å². The summed E-state index contributed by atoms with van der Waals surface area (Å²) in [5, 5.41) is 0. The number of anilines is 3. The van der Waals surface area contributed by atoms with Crippen LogP contribution in [0, 0.1) is 13.8 Å². The Kier molecular flexibility index (Phi) is 4.76. The van der Waals surface area contributed by atoms with Crippen LogP contribution in [0.5, 0.6) is 0 Å². The molecule has 4 aromatic heterocycles. The van der Waals surface area contributed by atoms with E-state index in [0.717, 1.165) is 17.2 Å². The smallest absolute Gasteiger partial charge is 0.297 e. The molecule has 0 fully saturated rings. The van der Waals surface area contributed by atoms with E-state index in [4.69, 9.17) is 17.2 Å². The Balaban J connectivity index is 1.81. The summed E-state index contributed by atoms with van der Waals surface area (Å²) in [4.78, 5) is 30.5. The van der Waals surface area contributed by atoms with Crippen LogP contribution in [-0.4, -0.2) is 29.1 Å². The summed E-state index contributed by atoms with van der Waals surface area (Å²) in [6.07, 6.45) is 5.25. The highest BCUT2D eigenvalue weighted by molar-refractivity contribution is 5.71. The molecule has 0 aromatic carbocycles. The average molecular weight is 423 g/mol. The fourth-order valence-corrected chi connectivity index (χ4v) is 3.38. The number of rotatable bonds is 4. The Morgan fingerprint density at radius 3 is 2.03 bits per heavy atom. The van der Waals surface area contributed by atoms with Crippen molar-refractivity contribution in [2.75, 3.05) is 17.2 Å². The predicted molar refractivity (Wildman–Crippen MR) is 114 cm³/mol. The van der Waals surface area contributed by atoms with Gasteiger partial charge in [-0.2, -0.15) is 4.98 Å². The van der Waals surface area contributed by atoms with Gasteiger partial charge in [-0.3, -0.25) is 9.36 Å². The molecule has 31 heavy (non-hydrogen) atoms. The summed E-state index contributed by atoms with van der Waals surface area (Å²) < 4.78 is 6.75. The molecule has 0 atom stereocenters. The molecule has 0 spiro atoms. The van der Waals surface area contributed by atoms with Gasteiger partial charge >= 0.3 is 0 Å². The second-order valence-corrected chi connectivity index (χ2v) is 7.52. The molecular formula is C19H25N11O+2. The molecule has 0 aliphatic carbocycles. The maximum atomic E-state index is 13.4. The van der Waals surface area contributed by atoms with Gasteiger partial charge in [-0.25, -0.2) is 14.1 Å². The van der Waals surface area contributed by atoms with E-state index in [-0.39, 0.29) is 23.7 Å². The number of hydrogen-bond acceptors (Lipinski definition) is 8. The molecule has 12 heteroatoms. The first-order valence-electron chi connectivity index (χ1n) is 9.60. The lowest BCUT2D eigenvalue weighted by molar-refractivity contribution is -0.681. The first-order valence-corrected chi connectivity index (χ1v) is 9.60. The van der Waals surface area contributed by atoms with Crippen molar-refractivity contribution in [3.8, 4) is 0 Å². The number of nitrogen functional groups attached to an aromatic ring is 3. The fraction of sp³-hybridized carbons (Fsp3) is 0.316. The molecule has 6 N–H and O–H groups in total. The highest BCUT2D eigenvalue weighted by atomic mass is 16.1. The van der Waals surface area contributed by atoms with E-state index in [1.807, 2.05) is 49.5 Å². The number of imidazole rings is 1. The highest BCUT2D eigenvalue weighted by Gasteiger charge is 2.20. The zero-order valence-electron chi connectivity index (χ0n) is 17.9. The molecule has 0 radical (unpaired) electrons. The summed E-state index contributed by atoms with van der Waals surface area (Å²) >= 11 is 0. The zero-order chi connectivity index (χ0) is 22.4. The Labute approximate surface area is 177 Å². The third-order valence-corrected chi connectivity index (χ3v) is 5.37. The lowest BCUT2D eigenvalue weighted by Gasteiger charge is -2.10. The normalized spacial score (nSPS) is 11.4. The molecule has 4 aromatic rings. The van der Waals surface area contributed by atoms with E-state index in [2.05, 4.69) is 19.9 Å². The van der Waals surface area contributed by atoms with Gasteiger partial charge in [-0.1, -0.05) is 0 Å². The van der Waals surface area contributed by atoms with Crippen LogP contribution in [0.25, 0.3) is 11.2 Å². The van der Waals surface area contributed by atoms with Crippen molar-refractivity contribution >= 4 is 28.7 Å². The molecule has 4 heterocycles. The predicted octanol–water partition coefficient (Wildman–Crippen LogP) is -1.51. The second kappa shape index (κ2) is 7.31. The Morgan fingerprint density at radius 1 is 0.903 bits per heavy atom. The molecule has 0 saturated carbocycles. The first-order chi connectivity index (χ1) is 14.7. The van der Waals surface area contributed by atoms with Crippen molar-refractivity contribution in [3.63, 3.8) is 0 Å². The van der Waals surface area contributed by atoms with Crippen LogP contribution in [0.3, 0.4) is 0 Å². The first kappa shape index (κ1) is 20.2. The maximum absolute atomic E-state index is 13.4. The Morgan fingerprint density at radius 2 is 1.45 bits per heavy atom. The lowest BCUT2D eigenvalue weighted by Crippen LogP contribution is -2.35. The van der Waals surface area contributed by atoms with Crippen LogP contribution in [0.4, 0.5) is 17.6 Å². The molecule has 4 rings (SSSR count). The minimum Gasteiger partial charge on any atom is -0.369 e. The van der Waals surface area contributed by atoms with Crippen molar-refractivity contribution in [1.29, 1.82) is 0 Å². The zero-order valence-corrected chi connectivity index (χ0v) is 17.9. The summed E-state index contributed by atoms with van der Waals surface area (Å²) in [6.45, 7) is 4.16. The van der Waals surface area contributed by atoms with Crippen LogP contribution < -0.4 is 31.9 Å². The van der Waals surface area contributed by atoms with Gasteiger partial charge in [0.15, 0.2) is 11.2 Å². The van der Waals surface area contributed by atoms with Gasteiger partial charge in [0.1, 0.15) is 12.4 Å². The topological polar surface area (TPSA) is 164 Å². The lowest BCUT2D eigenvalue weighted by atomic mass is 10.3. The largest absolute Gasteiger partial charge is 0.369 e. The van der Waals surface area contributed by atoms with E-state index in [1.165, 1.54) is 4.57 Å². The minimum absolute atomic E-state index is 0.0493. The van der Waals surface area contributed by atoms with Gasteiger partial charge in [0, 0.05) is 13.8 Å². The molecule has 12 nitrogen and oxygen atoms in total. The molecule has 0 unspecified atom stereocenters. The average Bonchev–Trinajstić information content (AvgIpc) is 3.09. The van der Waals surface area contributed by atoms with E-state index in [1.54, 1.807) is 10.9 Å². The molecule has 0 amide bonds. The molecule has 0 saturated heterocycles. The molecule has 0 aliphatic rings. The summed E-state index contributed by atoms with van der Waals surface area (Å²) in [5.41, 5.74) is 19.9. The van der Waals surface area contributed by atoms with E-state index < -0.39 is 0 Å². The number of aromatic nitrogens is 8.